The number of rotatable bonds is 9. The highest BCUT2D eigenvalue weighted by Crippen LogP contribution is 2.51. The molecule has 2 rings (SSSR count). The summed E-state index contributed by atoms with van der Waals surface area (Å²) in [5.74, 6) is 0. The zero-order chi connectivity index (χ0) is 22.6. The molecular formula is C25H41N4P. The molecule has 4 nitrogen and oxygen atoms in total. The fourth-order valence-corrected chi connectivity index (χ4v) is 7.03. The summed E-state index contributed by atoms with van der Waals surface area (Å²) >= 11 is 0. The quantitative estimate of drug-likeness (QED) is 0.312. The van der Waals surface area contributed by atoms with Gasteiger partial charge in [0.15, 0.2) is 8.37 Å². The monoisotopic (exact) mass is 428 g/mol. The van der Waals surface area contributed by atoms with Crippen LogP contribution in [0.4, 0.5) is 5.69 Å². The molecule has 1 aromatic carbocycles. The van der Waals surface area contributed by atoms with Crippen molar-refractivity contribution >= 4 is 20.3 Å². The van der Waals surface area contributed by atoms with E-state index in [0.29, 0.717) is 24.2 Å². The Kier molecular flexibility index (Phi) is 8.85. The van der Waals surface area contributed by atoms with Gasteiger partial charge in [-0.25, -0.2) is 9.34 Å². The maximum absolute atomic E-state index is 4.84. The van der Waals surface area contributed by atoms with Crippen molar-refractivity contribution in [2.24, 2.45) is 4.99 Å². The van der Waals surface area contributed by atoms with Gasteiger partial charge >= 0.3 is 0 Å². The van der Waals surface area contributed by atoms with Crippen molar-refractivity contribution in [2.45, 2.75) is 93.4 Å². The largest absolute Gasteiger partial charge is 0.300 e. The van der Waals surface area contributed by atoms with Gasteiger partial charge in [-0.2, -0.15) is 0 Å². The van der Waals surface area contributed by atoms with E-state index in [2.05, 4.69) is 119 Å². The number of nitrogens with zero attached hydrogens (tertiary/aromatic N) is 4. The highest BCUT2D eigenvalue weighted by Gasteiger charge is 2.35. The van der Waals surface area contributed by atoms with Gasteiger partial charge in [0.05, 0.1) is 17.6 Å². The first-order chi connectivity index (χ1) is 14.0. The molecule has 0 unspecified atom stereocenters. The van der Waals surface area contributed by atoms with Crippen LogP contribution in [0.2, 0.25) is 0 Å². The second kappa shape index (κ2) is 10.7. The summed E-state index contributed by atoms with van der Waals surface area (Å²) in [5.41, 5.74) is 4.66. The maximum atomic E-state index is 4.84. The van der Waals surface area contributed by atoms with E-state index in [1.165, 1.54) is 11.1 Å². The zero-order valence-electron chi connectivity index (χ0n) is 20.6. The molecule has 0 aliphatic heterocycles. The van der Waals surface area contributed by atoms with Gasteiger partial charge in [-0.05, 0) is 105 Å². The van der Waals surface area contributed by atoms with Crippen LogP contribution in [0.1, 0.15) is 72.2 Å². The summed E-state index contributed by atoms with van der Waals surface area (Å²) in [6, 6.07) is 12.6. The van der Waals surface area contributed by atoms with Crippen molar-refractivity contribution in [2.75, 3.05) is 0 Å². The van der Waals surface area contributed by atoms with Crippen LogP contribution < -0.4 is 0 Å². The third-order valence-electron chi connectivity index (χ3n) is 5.03. The van der Waals surface area contributed by atoms with Crippen molar-refractivity contribution in [1.82, 2.24) is 13.7 Å². The van der Waals surface area contributed by atoms with Crippen LogP contribution in [0.15, 0.2) is 41.5 Å². The number of aryl methyl sites for hydroxylation is 2. The Balaban J connectivity index is 2.55. The third kappa shape index (κ3) is 6.03. The lowest BCUT2D eigenvalue weighted by molar-refractivity contribution is 0.252. The summed E-state index contributed by atoms with van der Waals surface area (Å²) < 4.78 is 7.76. The second-order valence-corrected chi connectivity index (χ2v) is 11.2. The van der Waals surface area contributed by atoms with Crippen molar-refractivity contribution in [3.63, 3.8) is 0 Å². The first-order valence-electron chi connectivity index (χ1n) is 11.2. The van der Waals surface area contributed by atoms with E-state index in [4.69, 9.17) is 4.99 Å². The van der Waals surface area contributed by atoms with Gasteiger partial charge < -0.3 is 0 Å². The average molecular weight is 429 g/mol. The summed E-state index contributed by atoms with van der Waals surface area (Å²) in [5, 5.41) is 0. The summed E-state index contributed by atoms with van der Waals surface area (Å²) in [6.45, 7) is 22.7. The van der Waals surface area contributed by atoms with E-state index in [1.54, 1.807) is 0 Å². The Morgan fingerprint density at radius 1 is 0.800 bits per heavy atom. The van der Waals surface area contributed by atoms with Gasteiger partial charge in [0.1, 0.15) is 0 Å². The van der Waals surface area contributed by atoms with E-state index in [9.17, 15) is 0 Å². The van der Waals surface area contributed by atoms with Crippen molar-refractivity contribution in [3.8, 4) is 0 Å². The third-order valence-corrected chi connectivity index (χ3v) is 8.46. The lowest BCUT2D eigenvalue weighted by Crippen LogP contribution is -2.44. The van der Waals surface area contributed by atoms with E-state index in [-0.39, 0.29) is 0 Å². The van der Waals surface area contributed by atoms with Crippen LogP contribution >= 0.6 is 8.37 Å². The highest BCUT2D eigenvalue weighted by atomic mass is 31.2. The lowest BCUT2D eigenvalue weighted by atomic mass is 10.1. The van der Waals surface area contributed by atoms with Gasteiger partial charge in [-0.1, -0.05) is 6.07 Å². The Morgan fingerprint density at radius 3 is 1.70 bits per heavy atom. The molecule has 0 amide bonds. The van der Waals surface area contributed by atoms with Gasteiger partial charge in [-0.15, -0.1) is 0 Å². The van der Waals surface area contributed by atoms with Crippen LogP contribution in [0.5, 0.6) is 0 Å². The van der Waals surface area contributed by atoms with E-state index < -0.39 is 8.37 Å². The highest BCUT2D eigenvalue weighted by molar-refractivity contribution is 7.51. The smallest absolute Gasteiger partial charge is 0.154 e. The molecule has 5 heteroatoms. The van der Waals surface area contributed by atoms with Crippen LogP contribution in [-0.2, 0) is 0 Å². The van der Waals surface area contributed by atoms with Crippen molar-refractivity contribution in [1.29, 1.82) is 0 Å². The fraction of sp³-hybridized carbons (Fsp3) is 0.560. The number of hydrogen-bond acceptors (Lipinski definition) is 3. The van der Waals surface area contributed by atoms with Gasteiger partial charge in [0.25, 0.3) is 0 Å². The predicted molar refractivity (Wildman–Crippen MR) is 134 cm³/mol. The topological polar surface area (TPSA) is 23.8 Å². The molecule has 0 spiro atoms. The molecule has 0 radical (unpaired) electrons. The van der Waals surface area contributed by atoms with E-state index in [0.717, 1.165) is 11.4 Å². The molecule has 2 aromatic rings. The minimum atomic E-state index is -0.725. The standard InChI is InChI=1S/C25H41N4P/c1-18(2)28(19(3)4)30(29(20(5)6)21(7)8)27-13-11-12-25(27)17-26-24-15-22(9)14-23(10)16-24/h11-21H,1-10H3. The first-order valence-corrected chi connectivity index (χ1v) is 12.4. The summed E-state index contributed by atoms with van der Waals surface area (Å²) in [4.78, 5) is 4.84. The molecule has 0 saturated carbocycles. The van der Waals surface area contributed by atoms with Gasteiger partial charge in [0.2, 0.25) is 0 Å². The molecule has 166 valence electrons. The molecule has 1 heterocycles. The van der Waals surface area contributed by atoms with Crippen LogP contribution in [0.25, 0.3) is 0 Å². The van der Waals surface area contributed by atoms with E-state index in [1.807, 2.05) is 6.21 Å². The molecule has 0 saturated heterocycles. The fourth-order valence-electron chi connectivity index (χ4n) is 4.18. The molecule has 0 aliphatic carbocycles. The summed E-state index contributed by atoms with van der Waals surface area (Å²) in [6.07, 6.45) is 4.26. The van der Waals surface area contributed by atoms with Crippen LogP contribution in [0, 0.1) is 13.8 Å². The molecule has 0 atom stereocenters. The first kappa shape index (κ1) is 24.8. The van der Waals surface area contributed by atoms with Crippen molar-refractivity contribution < 1.29 is 0 Å². The predicted octanol–water partition coefficient (Wildman–Crippen LogP) is 7.17. The molecule has 0 fully saturated rings. The Morgan fingerprint density at radius 2 is 1.27 bits per heavy atom. The molecule has 30 heavy (non-hydrogen) atoms. The Hall–Kier alpha value is -1.48. The summed E-state index contributed by atoms with van der Waals surface area (Å²) in [7, 11) is -0.725. The molecular weight excluding hydrogens is 387 g/mol. The number of hydrogen-bond donors (Lipinski definition) is 0. The van der Waals surface area contributed by atoms with E-state index >= 15 is 0 Å². The Bertz CT molecular complexity index is 779. The second-order valence-electron chi connectivity index (χ2n) is 9.29. The van der Waals surface area contributed by atoms with Crippen LogP contribution in [-0.4, -0.2) is 44.1 Å². The maximum Gasteiger partial charge on any atom is 0.154 e. The van der Waals surface area contributed by atoms with Gasteiger partial charge in [0, 0.05) is 30.4 Å². The molecule has 0 aliphatic rings. The Labute approximate surface area is 185 Å². The minimum absolute atomic E-state index is 0.447. The van der Waals surface area contributed by atoms with Crippen LogP contribution in [0.3, 0.4) is 0 Å². The number of aliphatic imine (C=N–C) groups is 1. The average Bonchev–Trinajstić information content (AvgIpc) is 3.05. The minimum Gasteiger partial charge on any atom is -0.300 e. The zero-order valence-corrected chi connectivity index (χ0v) is 21.5. The SMILES string of the molecule is Cc1cc(C)cc(N=Cc2cccn2P(N(C(C)C)C(C)C)N(C(C)C)C(C)C)c1. The number of benzene rings is 1. The molecule has 1 aromatic heterocycles. The van der Waals surface area contributed by atoms with Gasteiger partial charge in [-0.3, -0.25) is 9.33 Å². The molecule has 0 bridgehead atoms. The normalized spacial score (nSPS) is 13.0. The lowest BCUT2D eigenvalue weighted by Gasteiger charge is -2.47. The number of aromatic nitrogens is 1. The van der Waals surface area contributed by atoms with Crippen molar-refractivity contribution in [3.05, 3.63) is 53.3 Å². The molecule has 0 N–H and O–H groups in total.